The summed E-state index contributed by atoms with van der Waals surface area (Å²) in [5, 5.41) is 14.2. The van der Waals surface area contributed by atoms with Crippen molar-refractivity contribution >= 4 is 11.3 Å². The Balaban J connectivity index is 1.70. The number of aryl methyl sites for hydroxylation is 1. The summed E-state index contributed by atoms with van der Waals surface area (Å²) in [6, 6.07) is 0. The molecule has 2 aromatic heterocycles. The van der Waals surface area contributed by atoms with Crippen LogP contribution in [0.2, 0.25) is 0 Å². The minimum absolute atomic E-state index is 0.800. The van der Waals surface area contributed by atoms with Crippen molar-refractivity contribution in [1.29, 1.82) is 0 Å². The van der Waals surface area contributed by atoms with Crippen LogP contribution >= 0.6 is 11.3 Å². The van der Waals surface area contributed by atoms with Gasteiger partial charge in [-0.05, 0) is 0 Å². The van der Waals surface area contributed by atoms with Crippen molar-refractivity contribution in [3.05, 3.63) is 28.5 Å². The molecular formula is C9H13N5S. The molecule has 1 N–H and O–H groups in total. The number of aromatic nitrogens is 4. The maximum Gasteiger partial charge on any atom is 0.0937 e. The highest BCUT2D eigenvalue weighted by Crippen LogP contribution is 2.03. The smallest absolute Gasteiger partial charge is 0.0937 e. The average molecular weight is 223 g/mol. The van der Waals surface area contributed by atoms with Gasteiger partial charge in [0, 0.05) is 38.1 Å². The van der Waals surface area contributed by atoms with Crippen LogP contribution in [0.25, 0.3) is 0 Å². The lowest BCUT2D eigenvalue weighted by Gasteiger charge is -2.02. The van der Waals surface area contributed by atoms with E-state index in [0.29, 0.717) is 0 Å². The molecule has 0 atom stereocenters. The fourth-order valence-corrected chi connectivity index (χ4v) is 1.88. The summed E-state index contributed by atoms with van der Waals surface area (Å²) in [4.78, 5) is 4.22. The van der Waals surface area contributed by atoms with Crippen molar-refractivity contribution in [1.82, 2.24) is 25.3 Å². The molecular weight excluding hydrogens is 210 g/mol. The van der Waals surface area contributed by atoms with Crippen LogP contribution in [-0.4, -0.2) is 26.5 Å². The van der Waals surface area contributed by atoms with E-state index in [9.17, 15) is 0 Å². The van der Waals surface area contributed by atoms with Gasteiger partial charge in [0.1, 0.15) is 0 Å². The first-order valence-electron chi connectivity index (χ1n) is 4.79. The number of hydrogen-bond donors (Lipinski definition) is 1. The van der Waals surface area contributed by atoms with Crippen LogP contribution < -0.4 is 5.32 Å². The van der Waals surface area contributed by atoms with Crippen LogP contribution in [0.5, 0.6) is 0 Å². The molecule has 0 aromatic carbocycles. The van der Waals surface area contributed by atoms with Crippen molar-refractivity contribution < 1.29 is 0 Å². The normalized spacial score (nSPS) is 10.7. The van der Waals surface area contributed by atoms with E-state index in [2.05, 4.69) is 20.6 Å². The molecule has 2 heterocycles. The first-order valence-corrected chi connectivity index (χ1v) is 5.67. The second-order valence-corrected chi connectivity index (χ2v) is 4.18. The van der Waals surface area contributed by atoms with Crippen LogP contribution in [0, 0.1) is 0 Å². The van der Waals surface area contributed by atoms with Crippen molar-refractivity contribution in [2.24, 2.45) is 7.05 Å². The number of rotatable bonds is 5. The summed E-state index contributed by atoms with van der Waals surface area (Å²) in [6.07, 6.45) is 4.59. The first-order chi connectivity index (χ1) is 7.36. The van der Waals surface area contributed by atoms with E-state index in [1.807, 2.05) is 18.6 Å². The quantitative estimate of drug-likeness (QED) is 0.754. The Morgan fingerprint density at radius 2 is 2.47 bits per heavy atom. The van der Waals surface area contributed by atoms with Gasteiger partial charge in [-0.3, -0.25) is 4.68 Å². The summed E-state index contributed by atoms with van der Waals surface area (Å²) in [5.41, 5.74) is 1.09. The standard InChI is InChI=1S/C9H13N5S/c1-14-8(7-12-13-14)6-10-3-2-9-11-4-5-15-9/h4-5,7,10H,2-3,6H2,1H3. The minimum atomic E-state index is 0.800. The SMILES string of the molecule is Cn1nncc1CNCCc1nccs1. The predicted octanol–water partition coefficient (Wildman–Crippen LogP) is 0.604. The average Bonchev–Trinajstić information content (AvgIpc) is 2.85. The van der Waals surface area contributed by atoms with Crippen molar-refractivity contribution in [3.63, 3.8) is 0 Å². The Morgan fingerprint density at radius 1 is 1.53 bits per heavy atom. The van der Waals surface area contributed by atoms with Gasteiger partial charge in [-0.25, -0.2) is 4.98 Å². The van der Waals surface area contributed by atoms with E-state index in [1.54, 1.807) is 22.2 Å². The van der Waals surface area contributed by atoms with E-state index < -0.39 is 0 Å². The summed E-state index contributed by atoms with van der Waals surface area (Å²) in [5.74, 6) is 0. The molecule has 0 saturated carbocycles. The highest BCUT2D eigenvalue weighted by molar-refractivity contribution is 7.09. The zero-order chi connectivity index (χ0) is 10.5. The third-order valence-electron chi connectivity index (χ3n) is 2.11. The number of hydrogen-bond acceptors (Lipinski definition) is 5. The topological polar surface area (TPSA) is 55.6 Å². The van der Waals surface area contributed by atoms with Gasteiger partial charge >= 0.3 is 0 Å². The van der Waals surface area contributed by atoms with Gasteiger partial charge in [-0.15, -0.1) is 16.4 Å². The summed E-state index contributed by atoms with van der Waals surface area (Å²) in [6.45, 7) is 1.73. The lowest BCUT2D eigenvalue weighted by atomic mass is 10.4. The van der Waals surface area contributed by atoms with E-state index in [4.69, 9.17) is 0 Å². The van der Waals surface area contributed by atoms with E-state index in [-0.39, 0.29) is 0 Å². The Labute approximate surface area is 92.2 Å². The fraction of sp³-hybridized carbons (Fsp3) is 0.444. The Morgan fingerprint density at radius 3 is 3.13 bits per heavy atom. The summed E-state index contributed by atoms with van der Waals surface area (Å²) < 4.78 is 1.77. The predicted molar refractivity (Wildman–Crippen MR) is 58.5 cm³/mol. The maximum absolute atomic E-state index is 4.22. The van der Waals surface area contributed by atoms with Crippen molar-refractivity contribution in [2.45, 2.75) is 13.0 Å². The van der Waals surface area contributed by atoms with Crippen molar-refractivity contribution in [3.8, 4) is 0 Å². The lowest BCUT2D eigenvalue weighted by Crippen LogP contribution is -2.18. The zero-order valence-corrected chi connectivity index (χ0v) is 9.37. The van der Waals surface area contributed by atoms with Gasteiger partial charge in [0.2, 0.25) is 0 Å². The second kappa shape index (κ2) is 4.99. The monoisotopic (exact) mass is 223 g/mol. The largest absolute Gasteiger partial charge is 0.311 e. The number of nitrogens with one attached hydrogen (secondary N) is 1. The number of thiazole rings is 1. The molecule has 2 aromatic rings. The third kappa shape index (κ3) is 2.84. The molecule has 0 saturated heterocycles. The minimum Gasteiger partial charge on any atom is -0.311 e. The molecule has 0 radical (unpaired) electrons. The second-order valence-electron chi connectivity index (χ2n) is 3.20. The fourth-order valence-electron chi connectivity index (χ4n) is 1.26. The molecule has 0 bridgehead atoms. The van der Waals surface area contributed by atoms with Gasteiger partial charge < -0.3 is 5.32 Å². The van der Waals surface area contributed by atoms with Crippen LogP contribution in [-0.2, 0) is 20.0 Å². The van der Waals surface area contributed by atoms with Gasteiger partial charge in [-0.2, -0.15) is 0 Å². The van der Waals surface area contributed by atoms with Crippen LogP contribution in [0.15, 0.2) is 17.8 Å². The molecule has 0 unspecified atom stereocenters. The molecule has 5 nitrogen and oxygen atoms in total. The molecule has 0 aliphatic heterocycles. The Bertz CT molecular complexity index is 394. The molecule has 2 rings (SSSR count). The van der Waals surface area contributed by atoms with Gasteiger partial charge in [-0.1, -0.05) is 5.21 Å². The molecule has 0 aliphatic rings. The van der Waals surface area contributed by atoms with E-state index in [0.717, 1.165) is 25.2 Å². The van der Waals surface area contributed by atoms with Crippen LogP contribution in [0.1, 0.15) is 10.7 Å². The van der Waals surface area contributed by atoms with Crippen LogP contribution in [0.3, 0.4) is 0 Å². The molecule has 0 fully saturated rings. The molecule has 80 valence electrons. The van der Waals surface area contributed by atoms with E-state index in [1.165, 1.54) is 5.01 Å². The van der Waals surface area contributed by atoms with E-state index >= 15 is 0 Å². The molecule has 6 heteroatoms. The lowest BCUT2D eigenvalue weighted by molar-refractivity contribution is 0.616. The Hall–Kier alpha value is -1.27. The molecule has 0 aliphatic carbocycles. The number of nitrogens with zero attached hydrogens (tertiary/aromatic N) is 4. The first kappa shape index (κ1) is 10.3. The van der Waals surface area contributed by atoms with Gasteiger partial charge in [0.15, 0.2) is 0 Å². The highest BCUT2D eigenvalue weighted by Gasteiger charge is 1.99. The molecule has 0 amide bonds. The molecule has 15 heavy (non-hydrogen) atoms. The van der Waals surface area contributed by atoms with Gasteiger partial charge in [0.25, 0.3) is 0 Å². The Kier molecular flexibility index (Phi) is 3.41. The third-order valence-corrected chi connectivity index (χ3v) is 2.95. The van der Waals surface area contributed by atoms with Crippen molar-refractivity contribution in [2.75, 3.05) is 6.54 Å². The summed E-state index contributed by atoms with van der Waals surface area (Å²) >= 11 is 1.69. The maximum atomic E-state index is 4.22. The highest BCUT2D eigenvalue weighted by atomic mass is 32.1. The molecule has 0 spiro atoms. The van der Waals surface area contributed by atoms with Gasteiger partial charge in [0.05, 0.1) is 16.9 Å². The summed E-state index contributed by atoms with van der Waals surface area (Å²) in [7, 11) is 1.89. The van der Waals surface area contributed by atoms with Crippen LogP contribution in [0.4, 0.5) is 0 Å². The zero-order valence-electron chi connectivity index (χ0n) is 8.55.